The summed E-state index contributed by atoms with van der Waals surface area (Å²) in [6.45, 7) is 6.65. The van der Waals surface area contributed by atoms with Crippen LogP contribution in [0, 0.1) is 6.92 Å². The van der Waals surface area contributed by atoms with Crippen LogP contribution in [0.25, 0.3) is 0 Å². The van der Waals surface area contributed by atoms with E-state index in [0.717, 1.165) is 62.0 Å². The lowest BCUT2D eigenvalue weighted by Crippen LogP contribution is -2.45. The largest absolute Gasteiger partial charge is 0.486 e. The zero-order valence-corrected chi connectivity index (χ0v) is 15.2. The Labute approximate surface area is 154 Å². The van der Waals surface area contributed by atoms with Crippen molar-refractivity contribution < 1.29 is 14.2 Å². The van der Waals surface area contributed by atoms with Gasteiger partial charge >= 0.3 is 0 Å². The van der Waals surface area contributed by atoms with Crippen molar-refractivity contribution in [1.82, 2.24) is 14.9 Å². The smallest absolute Gasteiger partial charge is 0.161 e. The van der Waals surface area contributed by atoms with Crippen LogP contribution in [0.1, 0.15) is 23.4 Å². The standard InChI is InChI=1S/C20H25N3O3/c1-15-18(22-7-6-21-15)4-3-17-14-24-9-8-23(17)13-16-2-5-19-20(12-16)26-11-10-25-19/h2,5-7,12,17H,3-4,8-11,13-14H2,1H3. The van der Waals surface area contributed by atoms with Gasteiger partial charge in [-0.25, -0.2) is 0 Å². The van der Waals surface area contributed by atoms with Crippen molar-refractivity contribution in [3.8, 4) is 11.5 Å². The number of ether oxygens (including phenoxy) is 3. The summed E-state index contributed by atoms with van der Waals surface area (Å²) >= 11 is 0. The second-order valence-corrected chi connectivity index (χ2v) is 6.80. The topological polar surface area (TPSA) is 56.7 Å². The summed E-state index contributed by atoms with van der Waals surface area (Å²) in [4.78, 5) is 11.3. The van der Waals surface area contributed by atoms with E-state index in [9.17, 15) is 0 Å². The first-order chi connectivity index (χ1) is 12.8. The minimum Gasteiger partial charge on any atom is -0.486 e. The molecule has 138 valence electrons. The summed E-state index contributed by atoms with van der Waals surface area (Å²) in [6, 6.07) is 6.64. The molecule has 4 rings (SSSR count). The average molecular weight is 355 g/mol. The average Bonchev–Trinajstić information content (AvgIpc) is 2.68. The van der Waals surface area contributed by atoms with Gasteiger partial charge in [0.1, 0.15) is 13.2 Å². The van der Waals surface area contributed by atoms with Crippen LogP contribution in [0.2, 0.25) is 0 Å². The van der Waals surface area contributed by atoms with Gasteiger partial charge in [-0.15, -0.1) is 0 Å². The van der Waals surface area contributed by atoms with E-state index >= 15 is 0 Å². The minimum atomic E-state index is 0.387. The van der Waals surface area contributed by atoms with Crippen LogP contribution in [-0.4, -0.2) is 53.9 Å². The molecule has 0 amide bonds. The van der Waals surface area contributed by atoms with Crippen molar-refractivity contribution in [3.05, 3.63) is 47.5 Å². The van der Waals surface area contributed by atoms with E-state index in [1.165, 1.54) is 5.56 Å². The van der Waals surface area contributed by atoms with E-state index in [0.29, 0.717) is 19.3 Å². The third-order valence-electron chi connectivity index (χ3n) is 5.04. The molecule has 1 aromatic carbocycles. The summed E-state index contributed by atoms with van der Waals surface area (Å²) in [5.41, 5.74) is 3.34. The highest BCUT2D eigenvalue weighted by atomic mass is 16.6. The Kier molecular flexibility index (Phi) is 5.32. The molecule has 1 unspecified atom stereocenters. The van der Waals surface area contributed by atoms with Gasteiger partial charge in [0, 0.05) is 31.5 Å². The van der Waals surface area contributed by atoms with Crippen LogP contribution >= 0.6 is 0 Å². The van der Waals surface area contributed by atoms with Gasteiger partial charge in [0.05, 0.1) is 24.6 Å². The van der Waals surface area contributed by atoms with Gasteiger partial charge in [0.2, 0.25) is 0 Å². The third kappa shape index (κ3) is 3.97. The molecule has 1 aromatic heterocycles. The monoisotopic (exact) mass is 355 g/mol. The first-order valence-electron chi connectivity index (χ1n) is 9.26. The minimum absolute atomic E-state index is 0.387. The van der Waals surface area contributed by atoms with Crippen molar-refractivity contribution in [2.75, 3.05) is 33.0 Å². The lowest BCUT2D eigenvalue weighted by molar-refractivity contribution is -0.0144. The maximum Gasteiger partial charge on any atom is 0.161 e. The first-order valence-corrected chi connectivity index (χ1v) is 9.26. The van der Waals surface area contributed by atoms with Crippen LogP contribution in [0.15, 0.2) is 30.6 Å². The summed E-state index contributed by atoms with van der Waals surface area (Å²) < 4.78 is 17.1. The Morgan fingerprint density at radius 3 is 2.81 bits per heavy atom. The fraction of sp³-hybridized carbons (Fsp3) is 0.500. The Hall–Kier alpha value is -2.18. The quantitative estimate of drug-likeness (QED) is 0.821. The van der Waals surface area contributed by atoms with E-state index in [-0.39, 0.29) is 0 Å². The second-order valence-electron chi connectivity index (χ2n) is 6.80. The molecule has 6 nitrogen and oxygen atoms in total. The van der Waals surface area contributed by atoms with Gasteiger partial charge in [-0.1, -0.05) is 6.07 Å². The van der Waals surface area contributed by atoms with Crippen molar-refractivity contribution in [1.29, 1.82) is 0 Å². The highest BCUT2D eigenvalue weighted by molar-refractivity contribution is 5.43. The number of benzene rings is 1. The molecule has 0 saturated carbocycles. The summed E-state index contributed by atoms with van der Waals surface area (Å²) in [6.07, 6.45) is 5.46. The Bertz CT molecular complexity index is 753. The van der Waals surface area contributed by atoms with E-state index in [2.05, 4.69) is 27.0 Å². The molecular formula is C20H25N3O3. The van der Waals surface area contributed by atoms with Gasteiger partial charge in [-0.2, -0.15) is 0 Å². The molecule has 6 heteroatoms. The van der Waals surface area contributed by atoms with E-state index in [1.54, 1.807) is 12.4 Å². The van der Waals surface area contributed by atoms with Crippen molar-refractivity contribution in [2.45, 2.75) is 32.4 Å². The molecule has 2 aromatic rings. The van der Waals surface area contributed by atoms with Crippen molar-refractivity contribution >= 4 is 0 Å². The molecule has 2 aliphatic rings. The maximum atomic E-state index is 5.74. The number of fused-ring (bicyclic) bond motifs is 1. The molecule has 26 heavy (non-hydrogen) atoms. The molecule has 0 bridgehead atoms. The fourth-order valence-electron chi connectivity index (χ4n) is 3.57. The normalized spacial score (nSPS) is 20.1. The van der Waals surface area contributed by atoms with Crippen molar-refractivity contribution in [3.63, 3.8) is 0 Å². The summed E-state index contributed by atoms with van der Waals surface area (Å²) in [5.74, 6) is 1.70. The van der Waals surface area contributed by atoms with Crippen LogP contribution in [-0.2, 0) is 17.7 Å². The number of morpholine rings is 1. The zero-order valence-electron chi connectivity index (χ0n) is 15.2. The predicted molar refractivity (Wildman–Crippen MR) is 97.5 cm³/mol. The maximum absolute atomic E-state index is 5.74. The van der Waals surface area contributed by atoms with Gasteiger partial charge < -0.3 is 14.2 Å². The Morgan fingerprint density at radius 1 is 1.08 bits per heavy atom. The fourth-order valence-corrected chi connectivity index (χ4v) is 3.57. The highest BCUT2D eigenvalue weighted by Gasteiger charge is 2.24. The van der Waals surface area contributed by atoms with Crippen LogP contribution in [0.3, 0.4) is 0 Å². The molecule has 1 atom stereocenters. The summed E-state index contributed by atoms with van der Waals surface area (Å²) in [5, 5.41) is 0. The molecule has 0 aliphatic carbocycles. The predicted octanol–water partition coefficient (Wildman–Crippen LogP) is 2.39. The first kappa shape index (κ1) is 17.2. The second kappa shape index (κ2) is 8.01. The molecule has 0 N–H and O–H groups in total. The van der Waals surface area contributed by atoms with Crippen LogP contribution in [0.5, 0.6) is 11.5 Å². The number of nitrogens with zero attached hydrogens (tertiary/aromatic N) is 3. The Balaban J connectivity index is 1.41. The SMILES string of the molecule is Cc1nccnc1CCC1COCCN1Cc1ccc2c(c1)OCCO2. The van der Waals surface area contributed by atoms with Gasteiger partial charge in [-0.3, -0.25) is 14.9 Å². The van der Waals surface area contributed by atoms with Crippen LogP contribution in [0.4, 0.5) is 0 Å². The van der Waals surface area contributed by atoms with E-state index < -0.39 is 0 Å². The lowest BCUT2D eigenvalue weighted by atomic mass is 10.0. The molecule has 1 fully saturated rings. The van der Waals surface area contributed by atoms with Gasteiger partial charge in [0.25, 0.3) is 0 Å². The zero-order chi connectivity index (χ0) is 17.8. The third-order valence-corrected chi connectivity index (χ3v) is 5.04. The molecule has 0 spiro atoms. The van der Waals surface area contributed by atoms with E-state index in [4.69, 9.17) is 14.2 Å². The molecule has 0 radical (unpaired) electrons. The molecular weight excluding hydrogens is 330 g/mol. The molecule has 1 saturated heterocycles. The van der Waals surface area contributed by atoms with E-state index in [1.807, 2.05) is 13.0 Å². The Morgan fingerprint density at radius 2 is 1.92 bits per heavy atom. The van der Waals surface area contributed by atoms with Crippen molar-refractivity contribution in [2.24, 2.45) is 0 Å². The highest BCUT2D eigenvalue weighted by Crippen LogP contribution is 2.31. The number of hydrogen-bond donors (Lipinski definition) is 0. The number of hydrogen-bond acceptors (Lipinski definition) is 6. The molecule has 2 aliphatic heterocycles. The summed E-state index contributed by atoms with van der Waals surface area (Å²) in [7, 11) is 0. The van der Waals surface area contributed by atoms with Gasteiger partial charge in [-0.05, 0) is 37.5 Å². The number of rotatable bonds is 5. The molecule has 3 heterocycles. The van der Waals surface area contributed by atoms with Gasteiger partial charge in [0.15, 0.2) is 11.5 Å². The number of aryl methyl sites for hydroxylation is 2. The van der Waals surface area contributed by atoms with Crippen LogP contribution < -0.4 is 9.47 Å². The lowest BCUT2D eigenvalue weighted by Gasteiger charge is -2.36. The number of aromatic nitrogens is 2.